The minimum atomic E-state index is -0.0915. The molecular weight excluding hydrogens is 188 g/mol. The van der Waals surface area contributed by atoms with Gasteiger partial charge in [0.1, 0.15) is 16.6 Å². The molecule has 0 aromatic carbocycles. The Morgan fingerprint density at radius 3 is 2.77 bits per heavy atom. The summed E-state index contributed by atoms with van der Waals surface area (Å²) < 4.78 is 0. The number of aliphatic hydroxyl groups excluding tert-OH is 1. The second-order valence-corrected chi connectivity index (χ2v) is 3.34. The normalized spacial score (nSPS) is 9.92. The van der Waals surface area contributed by atoms with Gasteiger partial charge in [0.05, 0.1) is 19.0 Å². The molecule has 0 spiro atoms. The fourth-order valence-corrected chi connectivity index (χ4v) is 1.23. The second-order valence-electron chi connectivity index (χ2n) is 2.23. The molecule has 0 aliphatic heterocycles. The molecule has 0 amide bonds. The molecule has 0 aliphatic rings. The summed E-state index contributed by atoms with van der Waals surface area (Å²) in [5, 5.41) is 16.3. The van der Waals surface area contributed by atoms with Crippen molar-refractivity contribution in [3.63, 3.8) is 0 Å². The number of amidine groups is 1. The van der Waals surface area contributed by atoms with Gasteiger partial charge in [-0.3, -0.25) is 5.41 Å². The van der Waals surface area contributed by atoms with Crippen LogP contribution in [-0.4, -0.2) is 33.3 Å². The van der Waals surface area contributed by atoms with E-state index in [0.717, 1.165) is 5.03 Å². The van der Waals surface area contributed by atoms with E-state index in [1.807, 2.05) is 0 Å². The number of thioether (sulfide) groups is 1. The minimum Gasteiger partial charge on any atom is -0.396 e. The topological polar surface area (TPSA) is 95.9 Å². The van der Waals surface area contributed by atoms with E-state index < -0.39 is 0 Å². The van der Waals surface area contributed by atoms with E-state index in [9.17, 15) is 0 Å². The molecule has 1 aromatic rings. The van der Waals surface area contributed by atoms with Gasteiger partial charge < -0.3 is 10.8 Å². The van der Waals surface area contributed by atoms with Crippen molar-refractivity contribution in [1.29, 1.82) is 5.41 Å². The lowest BCUT2D eigenvalue weighted by molar-refractivity contribution is 0.322. The average molecular weight is 198 g/mol. The van der Waals surface area contributed by atoms with E-state index in [1.165, 1.54) is 24.2 Å². The Bertz CT molecular complexity index is 287. The van der Waals surface area contributed by atoms with Crippen molar-refractivity contribution < 1.29 is 5.11 Å². The summed E-state index contributed by atoms with van der Waals surface area (Å²) in [5.41, 5.74) is 5.57. The van der Waals surface area contributed by atoms with E-state index >= 15 is 0 Å². The van der Waals surface area contributed by atoms with Crippen LogP contribution >= 0.6 is 11.8 Å². The molecule has 0 saturated carbocycles. The number of rotatable bonds is 4. The Kier molecular flexibility index (Phi) is 3.66. The molecule has 1 heterocycles. The number of hydrogen-bond donors (Lipinski definition) is 3. The molecule has 1 aromatic heterocycles. The Morgan fingerprint density at radius 2 is 2.31 bits per heavy atom. The van der Waals surface area contributed by atoms with Crippen molar-refractivity contribution in [2.24, 2.45) is 5.73 Å². The van der Waals surface area contributed by atoms with Crippen LogP contribution in [0.2, 0.25) is 0 Å². The van der Waals surface area contributed by atoms with Crippen molar-refractivity contribution in [3.05, 3.63) is 18.1 Å². The van der Waals surface area contributed by atoms with Gasteiger partial charge in [-0.15, -0.1) is 11.8 Å². The maximum Gasteiger partial charge on any atom is 0.143 e. The molecule has 6 heteroatoms. The molecule has 5 nitrogen and oxygen atoms in total. The van der Waals surface area contributed by atoms with Crippen molar-refractivity contribution in [3.8, 4) is 0 Å². The number of nitrogen functional groups attached to an aromatic ring is 1. The first-order valence-corrected chi connectivity index (χ1v) is 4.62. The summed E-state index contributed by atoms with van der Waals surface area (Å²) in [6.45, 7) is 0.112. The van der Waals surface area contributed by atoms with Gasteiger partial charge in [0.2, 0.25) is 0 Å². The summed E-state index contributed by atoms with van der Waals surface area (Å²) in [4.78, 5) is 7.92. The Morgan fingerprint density at radius 1 is 1.54 bits per heavy atom. The smallest absolute Gasteiger partial charge is 0.143 e. The van der Waals surface area contributed by atoms with E-state index in [1.54, 1.807) is 0 Å². The number of nitrogens with one attached hydrogen (secondary N) is 1. The molecule has 0 fully saturated rings. The zero-order valence-corrected chi connectivity index (χ0v) is 7.71. The van der Waals surface area contributed by atoms with Gasteiger partial charge in [0.15, 0.2) is 0 Å². The van der Waals surface area contributed by atoms with Crippen molar-refractivity contribution in [1.82, 2.24) is 9.97 Å². The molecule has 1 rings (SSSR count). The maximum absolute atomic E-state index is 8.55. The monoisotopic (exact) mass is 198 g/mol. The number of aliphatic hydroxyl groups is 1. The van der Waals surface area contributed by atoms with Gasteiger partial charge in [-0.05, 0) is 0 Å². The molecule has 0 aliphatic carbocycles. The highest BCUT2D eigenvalue weighted by Gasteiger charge is 1.99. The predicted molar refractivity (Wildman–Crippen MR) is 50.9 cm³/mol. The first-order chi connectivity index (χ1) is 6.24. The summed E-state index contributed by atoms with van der Waals surface area (Å²) in [6.07, 6.45) is 2.99. The molecule has 0 bridgehead atoms. The zero-order valence-electron chi connectivity index (χ0n) is 6.90. The molecule has 0 radical (unpaired) electrons. The van der Waals surface area contributed by atoms with Crippen LogP contribution in [0.4, 0.5) is 0 Å². The van der Waals surface area contributed by atoms with Crippen molar-refractivity contribution in [2.45, 2.75) is 5.03 Å². The first-order valence-electron chi connectivity index (χ1n) is 3.64. The van der Waals surface area contributed by atoms with Crippen LogP contribution in [0.25, 0.3) is 0 Å². The zero-order chi connectivity index (χ0) is 9.68. The summed E-state index contributed by atoms with van der Waals surface area (Å²) in [7, 11) is 0. The van der Waals surface area contributed by atoms with Crippen molar-refractivity contribution in [2.75, 3.05) is 12.4 Å². The fraction of sp³-hybridized carbons (Fsp3) is 0.286. The largest absolute Gasteiger partial charge is 0.396 e. The van der Waals surface area contributed by atoms with Gasteiger partial charge >= 0.3 is 0 Å². The minimum absolute atomic E-state index is 0.0915. The highest BCUT2D eigenvalue weighted by Crippen LogP contribution is 2.12. The predicted octanol–water partition coefficient (Wildman–Crippen LogP) is -0.155. The highest BCUT2D eigenvalue weighted by atomic mass is 32.2. The van der Waals surface area contributed by atoms with Crippen LogP contribution in [0.15, 0.2) is 17.4 Å². The van der Waals surface area contributed by atoms with E-state index in [0.29, 0.717) is 11.4 Å². The molecule has 0 atom stereocenters. The van der Waals surface area contributed by atoms with Crippen LogP contribution < -0.4 is 5.73 Å². The number of aromatic nitrogens is 2. The summed E-state index contributed by atoms with van der Waals surface area (Å²) >= 11 is 1.41. The Balaban J connectivity index is 2.64. The van der Waals surface area contributed by atoms with Gasteiger partial charge in [-0.2, -0.15) is 0 Å². The highest BCUT2D eigenvalue weighted by molar-refractivity contribution is 7.99. The standard InChI is InChI=1S/C7H10N4OS/c8-7(9)5-3-11-6(4-10-5)13-2-1-12/h3-4,12H,1-2H2,(H3,8,9). The lowest BCUT2D eigenvalue weighted by atomic mass is 10.4. The Labute approximate surface area is 79.9 Å². The maximum atomic E-state index is 8.55. The van der Waals surface area contributed by atoms with Crippen LogP contribution in [0.5, 0.6) is 0 Å². The number of nitrogens with zero attached hydrogens (tertiary/aromatic N) is 2. The van der Waals surface area contributed by atoms with Crippen LogP contribution in [0.1, 0.15) is 5.69 Å². The average Bonchev–Trinajstić information content (AvgIpc) is 2.15. The summed E-state index contributed by atoms with van der Waals surface area (Å²) in [5.74, 6) is 0.500. The van der Waals surface area contributed by atoms with Crippen LogP contribution in [-0.2, 0) is 0 Å². The lowest BCUT2D eigenvalue weighted by Crippen LogP contribution is -2.13. The van der Waals surface area contributed by atoms with E-state index in [-0.39, 0.29) is 12.4 Å². The third-order valence-electron chi connectivity index (χ3n) is 1.25. The summed E-state index contributed by atoms with van der Waals surface area (Å²) in [6, 6.07) is 0. The number of nitrogens with two attached hydrogens (primary N) is 1. The van der Waals surface area contributed by atoms with Crippen molar-refractivity contribution >= 4 is 17.6 Å². The quantitative estimate of drug-likeness (QED) is 0.355. The lowest BCUT2D eigenvalue weighted by Gasteiger charge is -1.99. The van der Waals surface area contributed by atoms with E-state index in [2.05, 4.69) is 9.97 Å². The fourth-order valence-electron chi connectivity index (χ4n) is 0.680. The van der Waals surface area contributed by atoms with E-state index in [4.69, 9.17) is 16.2 Å². The van der Waals surface area contributed by atoms with Gasteiger partial charge in [0.25, 0.3) is 0 Å². The second kappa shape index (κ2) is 4.78. The SMILES string of the molecule is N=C(N)c1cnc(SCCO)cn1. The molecule has 4 N–H and O–H groups in total. The van der Waals surface area contributed by atoms with Gasteiger partial charge in [-0.25, -0.2) is 9.97 Å². The number of hydrogen-bond acceptors (Lipinski definition) is 5. The third kappa shape index (κ3) is 3.00. The van der Waals surface area contributed by atoms with Gasteiger partial charge in [-0.1, -0.05) is 0 Å². The van der Waals surface area contributed by atoms with Crippen LogP contribution in [0.3, 0.4) is 0 Å². The van der Waals surface area contributed by atoms with Crippen LogP contribution in [0, 0.1) is 5.41 Å². The molecule has 0 unspecified atom stereocenters. The first kappa shape index (κ1) is 9.94. The molecule has 13 heavy (non-hydrogen) atoms. The van der Waals surface area contributed by atoms with Gasteiger partial charge in [0, 0.05) is 5.75 Å². The Hall–Kier alpha value is -1.14. The third-order valence-corrected chi connectivity index (χ3v) is 2.14. The molecule has 70 valence electrons. The molecule has 0 saturated heterocycles. The molecular formula is C7H10N4OS.